The van der Waals surface area contributed by atoms with Gasteiger partial charge < -0.3 is 31.0 Å². The Balaban J connectivity index is 1.47. The second kappa shape index (κ2) is 12.2. The van der Waals surface area contributed by atoms with Gasteiger partial charge in [-0.15, -0.1) is 11.8 Å². The zero-order valence-corrected chi connectivity index (χ0v) is 25.9. The minimum absolute atomic E-state index is 0.115. The first kappa shape index (κ1) is 29.7. The first-order valence-corrected chi connectivity index (χ1v) is 15.2. The maximum atomic E-state index is 13.9. The number of carbonyl (C=O) groups is 3. The summed E-state index contributed by atoms with van der Waals surface area (Å²) in [6.07, 6.45) is 0.115. The van der Waals surface area contributed by atoms with Crippen LogP contribution in [0.15, 0.2) is 80.5 Å². The van der Waals surface area contributed by atoms with E-state index in [0.29, 0.717) is 29.3 Å². The summed E-state index contributed by atoms with van der Waals surface area (Å²) in [6.45, 7) is 3.86. The Bertz CT molecular complexity index is 1660. The number of fused-ring (bicyclic) bond motifs is 2. The number of para-hydroxylation sites is 2. The number of hydrogen-bond acceptors (Lipinski definition) is 6. The highest BCUT2D eigenvalue weighted by molar-refractivity contribution is 9.10. The molecule has 4 aromatic rings. The molecule has 5 rings (SSSR count). The van der Waals surface area contributed by atoms with Crippen LogP contribution in [0.2, 0.25) is 0 Å². The second-order valence-corrected chi connectivity index (χ2v) is 12.7. The summed E-state index contributed by atoms with van der Waals surface area (Å²) in [5.41, 5.74) is 9.02. The molecule has 218 valence electrons. The van der Waals surface area contributed by atoms with Crippen LogP contribution in [0.4, 0.5) is 16.2 Å². The molecule has 0 fully saturated rings. The van der Waals surface area contributed by atoms with Gasteiger partial charge in [0.2, 0.25) is 5.91 Å². The van der Waals surface area contributed by atoms with Gasteiger partial charge in [-0.05, 0) is 71.7 Å². The third-order valence-electron chi connectivity index (χ3n) is 6.76. The highest BCUT2D eigenvalue weighted by Gasteiger charge is 2.33. The van der Waals surface area contributed by atoms with E-state index in [1.807, 2.05) is 60.7 Å². The lowest BCUT2D eigenvalue weighted by Gasteiger charge is -2.27. The fraction of sp³-hybridized carbons (Fsp3) is 0.258. The van der Waals surface area contributed by atoms with Crippen LogP contribution in [0, 0.1) is 0 Å². The Kier molecular flexibility index (Phi) is 8.63. The lowest BCUT2D eigenvalue weighted by molar-refractivity contribution is -0.127. The van der Waals surface area contributed by atoms with Crippen molar-refractivity contribution < 1.29 is 18.8 Å². The summed E-state index contributed by atoms with van der Waals surface area (Å²) in [7, 11) is 1.56. The normalized spacial score (nSPS) is 15.2. The maximum Gasteiger partial charge on any atom is 0.318 e. The van der Waals surface area contributed by atoms with Crippen molar-refractivity contribution in [2.75, 3.05) is 23.0 Å². The highest BCUT2D eigenvalue weighted by atomic mass is 79.9. The van der Waals surface area contributed by atoms with Gasteiger partial charge in [0, 0.05) is 40.6 Å². The summed E-state index contributed by atoms with van der Waals surface area (Å²) in [5.74, 6) is 0.557. The Labute approximate surface area is 256 Å². The SMILES string of the molecule is CNC(=O)Nc1ccccc1-c1oc2ccc(CN3C(=O)[C@H](NC(=O)CC(C)(C)N)CSc4ccccc43)cc2c1Br. The molecule has 5 N–H and O–H groups in total. The molecule has 9 nitrogen and oxygen atoms in total. The fourth-order valence-corrected chi connectivity index (χ4v) is 6.50. The molecule has 1 aromatic heterocycles. The Morgan fingerprint density at radius 2 is 1.86 bits per heavy atom. The monoisotopic (exact) mass is 649 g/mol. The molecule has 42 heavy (non-hydrogen) atoms. The van der Waals surface area contributed by atoms with E-state index >= 15 is 0 Å². The van der Waals surface area contributed by atoms with Crippen LogP contribution >= 0.6 is 27.7 Å². The van der Waals surface area contributed by atoms with Gasteiger partial charge in [0.25, 0.3) is 5.91 Å². The van der Waals surface area contributed by atoms with E-state index in [2.05, 4.69) is 31.9 Å². The van der Waals surface area contributed by atoms with Gasteiger partial charge in [0.15, 0.2) is 5.76 Å². The van der Waals surface area contributed by atoms with Gasteiger partial charge in [0.05, 0.1) is 22.4 Å². The molecule has 1 aliphatic rings. The predicted molar refractivity (Wildman–Crippen MR) is 171 cm³/mol. The van der Waals surface area contributed by atoms with Crippen molar-refractivity contribution in [3.8, 4) is 11.3 Å². The van der Waals surface area contributed by atoms with Crippen molar-refractivity contribution >= 4 is 67.9 Å². The summed E-state index contributed by atoms with van der Waals surface area (Å²) in [6, 6.07) is 19.9. The highest BCUT2D eigenvalue weighted by Crippen LogP contribution is 2.41. The van der Waals surface area contributed by atoms with E-state index in [1.165, 1.54) is 0 Å². The van der Waals surface area contributed by atoms with Crippen molar-refractivity contribution in [2.45, 2.75) is 43.3 Å². The average Bonchev–Trinajstić information content (AvgIpc) is 3.21. The van der Waals surface area contributed by atoms with Crippen LogP contribution in [0.25, 0.3) is 22.3 Å². The van der Waals surface area contributed by atoms with Gasteiger partial charge in [0.1, 0.15) is 11.6 Å². The second-order valence-electron chi connectivity index (χ2n) is 10.8. The van der Waals surface area contributed by atoms with Crippen LogP contribution in [-0.2, 0) is 16.1 Å². The molecule has 0 saturated carbocycles. The molecule has 0 spiro atoms. The molecule has 0 radical (unpaired) electrons. The standard InChI is InChI=1S/C31H32BrN5O4S/c1-31(2,33)15-26(38)35-22-17-42-25-11-7-6-10-23(25)37(29(22)39)16-18-12-13-24-20(14-18)27(32)28(41-24)19-8-4-5-9-21(19)36-30(40)34-3/h4-14,22H,15-17,33H2,1-3H3,(H,35,38)(H2,34,36,40)/t22-/m1/s1. The van der Waals surface area contributed by atoms with E-state index in [1.54, 1.807) is 43.6 Å². The molecule has 0 unspecified atom stereocenters. The van der Waals surface area contributed by atoms with Gasteiger partial charge in [-0.3, -0.25) is 9.59 Å². The third-order valence-corrected chi connectivity index (χ3v) is 8.70. The molecule has 2 heterocycles. The first-order valence-electron chi connectivity index (χ1n) is 13.4. The smallest absolute Gasteiger partial charge is 0.318 e. The molecule has 1 atom stereocenters. The number of rotatable bonds is 7. The van der Waals surface area contributed by atoms with Crippen molar-refractivity contribution in [3.63, 3.8) is 0 Å². The van der Waals surface area contributed by atoms with Crippen molar-refractivity contribution in [1.82, 2.24) is 10.6 Å². The Hall–Kier alpha value is -3.80. The van der Waals surface area contributed by atoms with Crippen molar-refractivity contribution in [3.05, 3.63) is 76.8 Å². The van der Waals surface area contributed by atoms with Crippen molar-refractivity contribution in [1.29, 1.82) is 0 Å². The zero-order valence-electron chi connectivity index (χ0n) is 23.5. The molecular weight excluding hydrogens is 618 g/mol. The number of anilines is 2. The molecule has 0 bridgehead atoms. The quantitative estimate of drug-likeness (QED) is 0.198. The number of urea groups is 1. The fourth-order valence-electron chi connectivity index (χ4n) is 4.82. The summed E-state index contributed by atoms with van der Waals surface area (Å²) in [5, 5.41) is 9.14. The van der Waals surface area contributed by atoms with E-state index in [-0.39, 0.29) is 24.3 Å². The van der Waals surface area contributed by atoms with Gasteiger partial charge in [-0.25, -0.2) is 4.79 Å². The largest absolute Gasteiger partial charge is 0.455 e. The van der Waals surface area contributed by atoms with E-state index in [0.717, 1.165) is 31.6 Å². The number of nitrogens with two attached hydrogens (primary N) is 1. The van der Waals surface area contributed by atoms with E-state index < -0.39 is 11.6 Å². The number of benzene rings is 3. The van der Waals surface area contributed by atoms with Gasteiger partial charge in [-0.1, -0.05) is 30.3 Å². The van der Waals surface area contributed by atoms with Crippen LogP contribution < -0.4 is 26.6 Å². The predicted octanol–water partition coefficient (Wildman–Crippen LogP) is 5.86. The molecule has 0 aliphatic carbocycles. The van der Waals surface area contributed by atoms with Crippen LogP contribution in [-0.4, -0.2) is 42.2 Å². The molecular formula is C31H32BrN5O4S. The zero-order chi connectivity index (χ0) is 30.0. The number of amides is 4. The molecule has 4 amide bonds. The number of nitrogens with zero attached hydrogens (tertiary/aromatic N) is 1. The Morgan fingerprint density at radius 1 is 1.12 bits per heavy atom. The number of thioether (sulfide) groups is 1. The van der Waals surface area contributed by atoms with Crippen LogP contribution in [0.5, 0.6) is 0 Å². The number of carbonyl (C=O) groups excluding carboxylic acids is 3. The maximum absolute atomic E-state index is 13.9. The average molecular weight is 651 g/mol. The van der Waals surface area contributed by atoms with Crippen LogP contribution in [0.3, 0.4) is 0 Å². The lowest BCUT2D eigenvalue weighted by atomic mass is 10.0. The first-order chi connectivity index (χ1) is 20.0. The van der Waals surface area contributed by atoms with E-state index in [9.17, 15) is 14.4 Å². The lowest BCUT2D eigenvalue weighted by Crippen LogP contribution is -2.51. The molecule has 0 saturated heterocycles. The topological polar surface area (TPSA) is 130 Å². The van der Waals surface area contributed by atoms with Crippen molar-refractivity contribution in [2.24, 2.45) is 5.73 Å². The van der Waals surface area contributed by atoms with E-state index in [4.69, 9.17) is 10.2 Å². The minimum Gasteiger partial charge on any atom is -0.455 e. The molecule has 11 heteroatoms. The number of hydrogen-bond donors (Lipinski definition) is 4. The third kappa shape index (κ3) is 6.48. The van der Waals surface area contributed by atoms with Gasteiger partial charge >= 0.3 is 6.03 Å². The summed E-state index contributed by atoms with van der Waals surface area (Å²) >= 11 is 5.26. The minimum atomic E-state index is -0.697. The Morgan fingerprint density at radius 3 is 2.62 bits per heavy atom. The molecule has 3 aromatic carbocycles. The summed E-state index contributed by atoms with van der Waals surface area (Å²) < 4.78 is 6.96. The van der Waals surface area contributed by atoms with Gasteiger partial charge in [-0.2, -0.15) is 0 Å². The number of halogens is 1. The number of nitrogens with one attached hydrogen (secondary N) is 3. The number of furan rings is 1. The van der Waals surface area contributed by atoms with Crippen LogP contribution in [0.1, 0.15) is 25.8 Å². The molecule has 1 aliphatic heterocycles. The summed E-state index contributed by atoms with van der Waals surface area (Å²) in [4.78, 5) is 41.3.